The first-order chi connectivity index (χ1) is 14.6. The Hall–Kier alpha value is -3.02. The number of ether oxygens (including phenoxy) is 1. The van der Waals surface area contributed by atoms with Crippen LogP contribution in [-0.4, -0.2) is 43.1 Å². The summed E-state index contributed by atoms with van der Waals surface area (Å²) in [6, 6.07) is 17.7. The number of hydrogen-bond donors (Lipinski definition) is 2. The third-order valence-electron chi connectivity index (χ3n) is 6.22. The molecule has 0 bridgehead atoms. The van der Waals surface area contributed by atoms with Crippen molar-refractivity contribution in [3.63, 3.8) is 0 Å². The van der Waals surface area contributed by atoms with Crippen LogP contribution >= 0.6 is 0 Å². The average Bonchev–Trinajstić information content (AvgIpc) is 3.61. The molecule has 6 heteroatoms. The number of hydrogen-bond acceptors (Lipinski definition) is 3. The van der Waals surface area contributed by atoms with Crippen molar-refractivity contribution in [2.24, 2.45) is 0 Å². The standard InChI is InChI=1S/C24H29N3O3/c1-30-21-9-7-18(8-10-21)17-25-23(29)26-20-11-15-27(16-12-20)22(28)24(13-14-24)19-5-3-2-4-6-19/h2-10,20H,11-17H2,1H3,(H2,25,26,29). The van der Waals surface area contributed by atoms with Gasteiger partial charge in [0.1, 0.15) is 5.75 Å². The minimum absolute atomic E-state index is 0.0943. The van der Waals surface area contributed by atoms with Crippen LogP contribution in [0.5, 0.6) is 5.75 Å². The minimum Gasteiger partial charge on any atom is -0.497 e. The normalized spacial score (nSPS) is 17.8. The lowest BCUT2D eigenvalue weighted by Gasteiger charge is -2.35. The molecular formula is C24H29N3O3. The van der Waals surface area contributed by atoms with E-state index in [2.05, 4.69) is 22.8 Å². The number of benzene rings is 2. The predicted molar refractivity (Wildman–Crippen MR) is 115 cm³/mol. The van der Waals surface area contributed by atoms with Gasteiger partial charge in [-0.3, -0.25) is 4.79 Å². The topological polar surface area (TPSA) is 70.7 Å². The van der Waals surface area contributed by atoms with Crippen LogP contribution < -0.4 is 15.4 Å². The summed E-state index contributed by atoms with van der Waals surface area (Å²) in [4.78, 5) is 27.4. The van der Waals surface area contributed by atoms with Crippen molar-refractivity contribution >= 4 is 11.9 Å². The molecule has 1 saturated carbocycles. The zero-order valence-corrected chi connectivity index (χ0v) is 17.4. The van der Waals surface area contributed by atoms with Gasteiger partial charge in [0.05, 0.1) is 12.5 Å². The molecule has 2 aromatic rings. The number of piperidine rings is 1. The molecule has 1 heterocycles. The van der Waals surface area contributed by atoms with Crippen molar-refractivity contribution < 1.29 is 14.3 Å². The van der Waals surface area contributed by atoms with Crippen LogP contribution in [0.4, 0.5) is 4.79 Å². The van der Waals surface area contributed by atoms with E-state index in [4.69, 9.17) is 4.74 Å². The second kappa shape index (κ2) is 8.78. The first-order valence-corrected chi connectivity index (χ1v) is 10.6. The molecule has 158 valence electrons. The lowest BCUT2D eigenvalue weighted by Crippen LogP contribution is -2.50. The van der Waals surface area contributed by atoms with Gasteiger partial charge in [-0.05, 0) is 48.9 Å². The number of carbonyl (C=O) groups is 2. The Balaban J connectivity index is 1.22. The van der Waals surface area contributed by atoms with E-state index in [1.807, 2.05) is 47.4 Å². The van der Waals surface area contributed by atoms with E-state index in [1.54, 1.807) is 7.11 Å². The second-order valence-electron chi connectivity index (χ2n) is 8.19. The lowest BCUT2D eigenvalue weighted by atomic mass is 9.93. The van der Waals surface area contributed by atoms with E-state index in [9.17, 15) is 9.59 Å². The van der Waals surface area contributed by atoms with Crippen molar-refractivity contribution in [1.82, 2.24) is 15.5 Å². The zero-order chi connectivity index (χ0) is 21.0. The van der Waals surface area contributed by atoms with Crippen LogP contribution in [0.2, 0.25) is 0 Å². The summed E-state index contributed by atoms with van der Waals surface area (Å²) in [7, 11) is 1.63. The Kier molecular flexibility index (Phi) is 5.93. The van der Waals surface area contributed by atoms with Crippen molar-refractivity contribution in [3.8, 4) is 5.75 Å². The van der Waals surface area contributed by atoms with Gasteiger partial charge in [-0.25, -0.2) is 4.79 Å². The van der Waals surface area contributed by atoms with E-state index in [0.717, 1.165) is 42.6 Å². The Bertz CT molecular complexity index is 870. The van der Waals surface area contributed by atoms with E-state index in [0.29, 0.717) is 19.6 Å². The summed E-state index contributed by atoms with van der Waals surface area (Å²) < 4.78 is 5.14. The zero-order valence-electron chi connectivity index (χ0n) is 17.4. The number of methoxy groups -OCH3 is 1. The number of urea groups is 1. The van der Waals surface area contributed by atoms with Crippen LogP contribution in [0, 0.1) is 0 Å². The summed E-state index contributed by atoms with van der Waals surface area (Å²) in [6.45, 7) is 1.85. The van der Waals surface area contributed by atoms with Gasteiger partial charge in [0.15, 0.2) is 0 Å². The SMILES string of the molecule is COc1ccc(CNC(=O)NC2CCN(C(=O)C3(c4ccccc4)CC3)CC2)cc1. The van der Waals surface area contributed by atoms with Gasteiger partial charge in [-0.1, -0.05) is 42.5 Å². The van der Waals surface area contributed by atoms with Crippen LogP contribution in [0.1, 0.15) is 36.8 Å². The lowest BCUT2D eigenvalue weighted by molar-refractivity contribution is -0.135. The van der Waals surface area contributed by atoms with Gasteiger partial charge in [0.2, 0.25) is 5.91 Å². The van der Waals surface area contributed by atoms with Crippen LogP contribution in [0.15, 0.2) is 54.6 Å². The molecule has 1 aliphatic heterocycles. The molecule has 6 nitrogen and oxygen atoms in total. The molecule has 0 spiro atoms. The first-order valence-electron chi connectivity index (χ1n) is 10.6. The van der Waals surface area contributed by atoms with Gasteiger partial charge >= 0.3 is 6.03 Å². The number of likely N-dealkylation sites (tertiary alicyclic amines) is 1. The van der Waals surface area contributed by atoms with E-state index < -0.39 is 0 Å². The van der Waals surface area contributed by atoms with E-state index in [1.165, 1.54) is 0 Å². The predicted octanol–water partition coefficient (Wildman–Crippen LogP) is 3.22. The molecule has 2 fully saturated rings. The van der Waals surface area contributed by atoms with Crippen LogP contribution in [0.25, 0.3) is 0 Å². The van der Waals surface area contributed by atoms with Gasteiger partial charge in [-0.2, -0.15) is 0 Å². The molecule has 0 aromatic heterocycles. The number of carbonyl (C=O) groups excluding carboxylic acids is 2. The van der Waals surface area contributed by atoms with Crippen molar-refractivity contribution in [3.05, 3.63) is 65.7 Å². The Labute approximate surface area is 177 Å². The van der Waals surface area contributed by atoms with Gasteiger partial charge in [0, 0.05) is 25.7 Å². The third-order valence-corrected chi connectivity index (χ3v) is 6.22. The summed E-state index contributed by atoms with van der Waals surface area (Å²) in [5.41, 5.74) is 1.84. The summed E-state index contributed by atoms with van der Waals surface area (Å²) in [6.07, 6.45) is 3.43. The third kappa shape index (κ3) is 4.42. The number of rotatable bonds is 6. The fourth-order valence-electron chi connectivity index (χ4n) is 4.20. The maximum atomic E-state index is 13.1. The first kappa shape index (κ1) is 20.3. The highest BCUT2D eigenvalue weighted by molar-refractivity contribution is 5.91. The molecule has 1 saturated heterocycles. The molecule has 2 aromatic carbocycles. The second-order valence-corrected chi connectivity index (χ2v) is 8.19. The fraction of sp³-hybridized carbons (Fsp3) is 0.417. The Morgan fingerprint density at radius 2 is 1.70 bits per heavy atom. The van der Waals surface area contributed by atoms with Crippen LogP contribution in [-0.2, 0) is 16.8 Å². The molecule has 2 aliphatic rings. The quantitative estimate of drug-likeness (QED) is 0.772. The molecule has 0 radical (unpaired) electrons. The maximum Gasteiger partial charge on any atom is 0.315 e. The average molecular weight is 408 g/mol. The minimum atomic E-state index is -0.308. The molecule has 3 amide bonds. The summed E-state index contributed by atoms with van der Waals surface area (Å²) in [5.74, 6) is 1.04. The molecule has 0 atom stereocenters. The molecule has 1 aliphatic carbocycles. The monoisotopic (exact) mass is 407 g/mol. The number of amides is 3. The molecule has 2 N–H and O–H groups in total. The molecule has 4 rings (SSSR count). The number of nitrogens with zero attached hydrogens (tertiary/aromatic N) is 1. The highest BCUT2D eigenvalue weighted by Gasteiger charge is 2.53. The van der Waals surface area contributed by atoms with Gasteiger partial charge in [0.25, 0.3) is 0 Å². The van der Waals surface area contributed by atoms with E-state index >= 15 is 0 Å². The highest BCUT2D eigenvalue weighted by atomic mass is 16.5. The molecule has 30 heavy (non-hydrogen) atoms. The molecular weight excluding hydrogens is 378 g/mol. The number of nitrogens with one attached hydrogen (secondary N) is 2. The maximum absolute atomic E-state index is 13.1. The highest BCUT2D eigenvalue weighted by Crippen LogP contribution is 2.49. The van der Waals surface area contributed by atoms with Gasteiger partial charge in [-0.15, -0.1) is 0 Å². The molecule has 0 unspecified atom stereocenters. The van der Waals surface area contributed by atoms with Crippen molar-refractivity contribution in [1.29, 1.82) is 0 Å². The van der Waals surface area contributed by atoms with Gasteiger partial charge < -0.3 is 20.3 Å². The summed E-state index contributed by atoms with van der Waals surface area (Å²) in [5, 5.41) is 5.95. The Morgan fingerprint density at radius 3 is 2.30 bits per heavy atom. The fourth-order valence-corrected chi connectivity index (χ4v) is 4.20. The van der Waals surface area contributed by atoms with E-state index in [-0.39, 0.29) is 23.4 Å². The van der Waals surface area contributed by atoms with Crippen molar-refractivity contribution in [2.75, 3.05) is 20.2 Å². The largest absolute Gasteiger partial charge is 0.497 e. The van der Waals surface area contributed by atoms with Crippen molar-refractivity contribution in [2.45, 2.75) is 43.7 Å². The summed E-state index contributed by atoms with van der Waals surface area (Å²) >= 11 is 0. The Morgan fingerprint density at radius 1 is 1.03 bits per heavy atom. The smallest absolute Gasteiger partial charge is 0.315 e. The van der Waals surface area contributed by atoms with Crippen LogP contribution in [0.3, 0.4) is 0 Å².